The van der Waals surface area contributed by atoms with Crippen LogP contribution in [0.2, 0.25) is 0 Å². The van der Waals surface area contributed by atoms with Crippen molar-refractivity contribution in [2.24, 2.45) is 4.99 Å². The van der Waals surface area contributed by atoms with Crippen LogP contribution in [-0.4, -0.2) is 15.8 Å². The monoisotopic (exact) mass is 328 g/mol. The Morgan fingerprint density at radius 2 is 2.38 bits per heavy atom. The van der Waals surface area contributed by atoms with Crippen LogP contribution in [0.1, 0.15) is 5.69 Å². The molecule has 1 heterocycles. The molecule has 0 aromatic carbocycles. The van der Waals surface area contributed by atoms with Gasteiger partial charge in [-0.1, -0.05) is 27.3 Å². The van der Waals surface area contributed by atoms with Gasteiger partial charge in [0.25, 0.3) is 0 Å². The summed E-state index contributed by atoms with van der Waals surface area (Å²) < 4.78 is 2.66. The van der Waals surface area contributed by atoms with E-state index in [9.17, 15) is 4.79 Å². The number of alkyl halides is 1. The predicted molar refractivity (Wildman–Crippen MR) is 57.3 cm³/mol. The topological polar surface area (TPSA) is 54.6 Å². The van der Waals surface area contributed by atoms with Crippen LogP contribution in [0, 0.1) is 6.92 Å². The first-order valence-corrected chi connectivity index (χ1v) is 5.98. The van der Waals surface area contributed by atoms with E-state index in [2.05, 4.69) is 36.9 Å². The van der Waals surface area contributed by atoms with Crippen LogP contribution in [-0.2, 0) is 5.45 Å². The second-order valence-corrected chi connectivity index (χ2v) is 4.98. The summed E-state index contributed by atoms with van der Waals surface area (Å²) in [5.74, 6) is 0. The van der Waals surface area contributed by atoms with Gasteiger partial charge in [0.05, 0.1) is 9.24 Å². The van der Waals surface area contributed by atoms with Gasteiger partial charge in [0.2, 0.25) is 0 Å². The van der Waals surface area contributed by atoms with Crippen molar-refractivity contribution in [1.29, 1.82) is 0 Å². The largest absolute Gasteiger partial charge is 0.463 e. The van der Waals surface area contributed by atoms with Crippen molar-refractivity contribution in [1.82, 2.24) is 4.57 Å². The maximum atomic E-state index is 10.4. The van der Waals surface area contributed by atoms with E-state index in [1.807, 2.05) is 6.92 Å². The zero-order chi connectivity index (χ0) is 10.0. The Hall–Kier alpha value is -0.140. The molecule has 0 saturated carbocycles. The van der Waals surface area contributed by atoms with E-state index in [0.717, 1.165) is 9.48 Å². The van der Waals surface area contributed by atoms with E-state index in [-0.39, 0.29) is 0 Å². The number of carboxylic acid groups (broad SMARTS) is 1. The normalized spacial score (nSPS) is 12.1. The molecule has 0 aliphatic heterocycles. The lowest BCUT2D eigenvalue weighted by atomic mass is 10.6. The first-order chi connectivity index (χ1) is 6.06. The minimum absolute atomic E-state index is 0.466. The third-order valence-electron chi connectivity index (χ3n) is 1.41. The van der Waals surface area contributed by atoms with Crippen LogP contribution in [0.5, 0.6) is 0 Å². The van der Waals surface area contributed by atoms with E-state index >= 15 is 0 Å². The van der Waals surface area contributed by atoms with Gasteiger partial charge in [0.15, 0.2) is 4.80 Å². The molecule has 1 aromatic rings. The average Bonchev–Trinajstić information content (AvgIpc) is 2.27. The SMILES string of the molecule is Cc1c(Br)s/c(=N\C(=O)O)n1CBr. The summed E-state index contributed by atoms with van der Waals surface area (Å²) in [4.78, 5) is 14.3. The minimum atomic E-state index is -1.18. The molecule has 0 aliphatic rings. The molecule has 0 bridgehead atoms. The molecule has 4 nitrogen and oxygen atoms in total. The summed E-state index contributed by atoms with van der Waals surface area (Å²) in [6.45, 7) is 1.89. The fourth-order valence-corrected chi connectivity index (χ4v) is 3.05. The Labute approximate surface area is 95.2 Å². The molecule has 0 unspecified atom stereocenters. The summed E-state index contributed by atoms with van der Waals surface area (Å²) in [6.07, 6.45) is -1.18. The number of rotatable bonds is 1. The number of hydrogen-bond donors (Lipinski definition) is 1. The third-order valence-corrected chi connectivity index (χ3v) is 3.94. The number of hydrogen-bond acceptors (Lipinski definition) is 2. The Morgan fingerprint density at radius 1 is 1.77 bits per heavy atom. The second kappa shape index (κ2) is 4.39. The molecule has 13 heavy (non-hydrogen) atoms. The van der Waals surface area contributed by atoms with Gasteiger partial charge in [-0.3, -0.25) is 0 Å². The summed E-state index contributed by atoms with van der Waals surface area (Å²) in [5.41, 5.74) is 1.49. The number of nitrogens with zero attached hydrogens (tertiary/aromatic N) is 2. The Bertz CT molecular complexity index is 396. The molecule has 1 rings (SSSR count). The molecule has 0 fully saturated rings. The molecule has 0 radical (unpaired) electrons. The van der Waals surface area contributed by atoms with Gasteiger partial charge in [-0.15, -0.1) is 4.99 Å². The van der Waals surface area contributed by atoms with Crippen molar-refractivity contribution < 1.29 is 9.90 Å². The fraction of sp³-hybridized carbons (Fsp3) is 0.333. The highest BCUT2D eigenvalue weighted by Gasteiger charge is 2.06. The maximum absolute atomic E-state index is 10.4. The van der Waals surface area contributed by atoms with Crippen molar-refractivity contribution in [2.75, 3.05) is 0 Å². The summed E-state index contributed by atoms with van der Waals surface area (Å²) in [7, 11) is 0. The van der Waals surface area contributed by atoms with Crippen LogP contribution < -0.4 is 4.80 Å². The molecule has 1 amide bonds. The lowest BCUT2D eigenvalue weighted by Gasteiger charge is -1.97. The van der Waals surface area contributed by atoms with Crippen molar-refractivity contribution >= 4 is 49.3 Å². The van der Waals surface area contributed by atoms with Gasteiger partial charge in [0, 0.05) is 5.69 Å². The van der Waals surface area contributed by atoms with Crippen molar-refractivity contribution in [3.8, 4) is 0 Å². The van der Waals surface area contributed by atoms with Crippen LogP contribution in [0.4, 0.5) is 4.79 Å². The predicted octanol–water partition coefficient (Wildman–Crippen LogP) is 2.55. The van der Waals surface area contributed by atoms with E-state index in [1.165, 1.54) is 11.3 Å². The van der Waals surface area contributed by atoms with Gasteiger partial charge in [-0.25, -0.2) is 4.79 Å². The van der Waals surface area contributed by atoms with Crippen LogP contribution in [0.3, 0.4) is 0 Å². The molecule has 0 saturated heterocycles. The third kappa shape index (κ3) is 2.41. The molecule has 72 valence electrons. The van der Waals surface area contributed by atoms with Gasteiger partial charge < -0.3 is 9.67 Å². The first-order valence-electron chi connectivity index (χ1n) is 3.25. The molecule has 0 atom stereocenters. The average molecular weight is 330 g/mol. The summed E-state index contributed by atoms with van der Waals surface area (Å²) >= 11 is 7.88. The fourth-order valence-electron chi connectivity index (χ4n) is 0.764. The zero-order valence-corrected chi connectivity index (χ0v) is 10.6. The number of carbonyl (C=O) groups is 1. The van der Waals surface area contributed by atoms with Gasteiger partial charge in [-0.05, 0) is 22.9 Å². The molecule has 1 aromatic heterocycles. The van der Waals surface area contributed by atoms with Crippen LogP contribution in [0.15, 0.2) is 8.78 Å². The second-order valence-electron chi connectivity index (χ2n) is 2.19. The highest BCUT2D eigenvalue weighted by molar-refractivity contribution is 9.11. The molecule has 7 heteroatoms. The lowest BCUT2D eigenvalue weighted by Crippen LogP contribution is -2.15. The van der Waals surface area contributed by atoms with Gasteiger partial charge in [-0.2, -0.15) is 0 Å². The van der Waals surface area contributed by atoms with E-state index in [0.29, 0.717) is 10.3 Å². The zero-order valence-electron chi connectivity index (χ0n) is 6.62. The molecular weight excluding hydrogens is 324 g/mol. The van der Waals surface area contributed by atoms with Crippen molar-refractivity contribution in [3.05, 3.63) is 14.3 Å². The first kappa shape index (κ1) is 10.9. The van der Waals surface area contributed by atoms with Gasteiger partial charge in [0.1, 0.15) is 0 Å². The summed E-state index contributed by atoms with van der Waals surface area (Å²) in [6, 6.07) is 0. The Balaban J connectivity index is 3.37. The molecule has 0 spiro atoms. The Kier molecular flexibility index (Phi) is 3.69. The van der Waals surface area contributed by atoms with Gasteiger partial charge >= 0.3 is 6.09 Å². The molecule has 1 N–H and O–H groups in total. The van der Waals surface area contributed by atoms with Crippen molar-refractivity contribution in [3.63, 3.8) is 0 Å². The standard InChI is InChI=1S/C6H6Br2N2O2S/c1-3-4(8)13-5(9-6(11)12)10(3)2-7/h2H2,1H3,(H,11,12)/b9-5-. The highest BCUT2D eigenvalue weighted by atomic mass is 79.9. The maximum Gasteiger partial charge on any atom is 0.433 e. The van der Waals surface area contributed by atoms with E-state index < -0.39 is 6.09 Å². The highest BCUT2D eigenvalue weighted by Crippen LogP contribution is 2.19. The number of halogens is 2. The number of aromatic nitrogens is 1. The smallest absolute Gasteiger partial charge is 0.433 e. The number of thiazole rings is 1. The minimum Gasteiger partial charge on any atom is -0.463 e. The molecular formula is C6H6Br2N2O2S. The Morgan fingerprint density at radius 3 is 2.85 bits per heavy atom. The lowest BCUT2D eigenvalue weighted by molar-refractivity contribution is 0.204. The van der Waals surface area contributed by atoms with Crippen molar-refractivity contribution in [2.45, 2.75) is 12.4 Å². The van der Waals surface area contributed by atoms with Crippen LogP contribution in [0.25, 0.3) is 0 Å². The van der Waals surface area contributed by atoms with E-state index in [4.69, 9.17) is 5.11 Å². The molecule has 0 aliphatic carbocycles. The number of amides is 1. The summed E-state index contributed by atoms with van der Waals surface area (Å²) in [5, 5.41) is 8.48. The van der Waals surface area contributed by atoms with E-state index in [1.54, 1.807) is 4.57 Å². The quantitative estimate of drug-likeness (QED) is 0.805. The van der Waals surface area contributed by atoms with Crippen LogP contribution >= 0.6 is 43.2 Å².